The Labute approximate surface area is 161 Å². The molecule has 1 aromatic carbocycles. The molecule has 3 saturated carbocycles. The number of fused-ring (bicyclic) bond motifs is 3. The second-order valence-electron chi connectivity index (χ2n) is 9.71. The van der Waals surface area contributed by atoms with Crippen LogP contribution < -0.4 is 10.1 Å². The third-order valence-electron chi connectivity index (χ3n) is 9.12. The molecule has 7 rings (SSSR count). The maximum absolute atomic E-state index is 12.9. The second-order valence-corrected chi connectivity index (χ2v) is 9.71. The van der Waals surface area contributed by atoms with Gasteiger partial charge in [-0.2, -0.15) is 0 Å². The summed E-state index contributed by atoms with van der Waals surface area (Å²) in [6.45, 7) is 4.96. The molecule has 6 atom stereocenters. The fourth-order valence-corrected chi connectivity index (χ4v) is 8.23. The summed E-state index contributed by atoms with van der Waals surface area (Å²) in [6.07, 6.45) is 6.27. The number of hydrogen-bond acceptors (Lipinski definition) is 4. The molecule has 0 radical (unpaired) electrons. The summed E-state index contributed by atoms with van der Waals surface area (Å²) in [5, 5.41) is 3.87. The van der Waals surface area contributed by atoms with Crippen LogP contribution in [0.25, 0.3) is 0 Å². The van der Waals surface area contributed by atoms with Gasteiger partial charge in [0.25, 0.3) is 0 Å². The Bertz CT molecular complexity index is 865. The SMILES string of the molecule is CO[C@]12CCC[C@@]3(C[C@@H]1C(C)=O)[C@H]1Cc4ccc(C)c5c4[C@@]3(CCN1)[C@H]2O5. The summed E-state index contributed by atoms with van der Waals surface area (Å²) in [5.74, 6) is 1.31. The van der Waals surface area contributed by atoms with Crippen LogP contribution in [0.3, 0.4) is 0 Å². The van der Waals surface area contributed by atoms with E-state index in [1.165, 1.54) is 23.1 Å². The van der Waals surface area contributed by atoms with Gasteiger partial charge in [0, 0.05) is 29.5 Å². The monoisotopic (exact) mass is 367 g/mol. The van der Waals surface area contributed by atoms with E-state index < -0.39 is 5.60 Å². The first kappa shape index (κ1) is 16.6. The predicted octanol–water partition coefficient (Wildman–Crippen LogP) is 3.08. The van der Waals surface area contributed by atoms with Crippen molar-refractivity contribution in [3.8, 4) is 5.75 Å². The van der Waals surface area contributed by atoms with Crippen molar-refractivity contribution in [3.05, 3.63) is 28.8 Å². The van der Waals surface area contributed by atoms with Gasteiger partial charge < -0.3 is 14.8 Å². The second kappa shape index (κ2) is 4.96. The first-order valence-electron chi connectivity index (χ1n) is 10.6. The molecule has 4 bridgehead atoms. The Morgan fingerprint density at radius 2 is 2.15 bits per heavy atom. The van der Waals surface area contributed by atoms with Gasteiger partial charge in [0.1, 0.15) is 23.2 Å². The van der Waals surface area contributed by atoms with Gasteiger partial charge in [0.05, 0.1) is 5.92 Å². The molecule has 1 N–H and O–H groups in total. The normalized spacial score (nSPS) is 45.8. The number of aryl methyl sites for hydroxylation is 1. The highest BCUT2D eigenvalue weighted by Crippen LogP contribution is 2.73. The lowest BCUT2D eigenvalue weighted by Gasteiger charge is -2.66. The molecule has 1 saturated heterocycles. The lowest BCUT2D eigenvalue weighted by Crippen LogP contribution is -2.76. The van der Waals surface area contributed by atoms with E-state index in [1.807, 2.05) is 7.11 Å². The molecule has 4 fully saturated rings. The van der Waals surface area contributed by atoms with Gasteiger partial charge in [0.15, 0.2) is 0 Å². The summed E-state index contributed by atoms with van der Waals surface area (Å²) in [7, 11) is 1.81. The molecule has 0 amide bonds. The largest absolute Gasteiger partial charge is 0.486 e. The van der Waals surface area contributed by atoms with E-state index in [0.29, 0.717) is 6.04 Å². The zero-order valence-electron chi connectivity index (χ0n) is 16.6. The predicted molar refractivity (Wildman–Crippen MR) is 102 cm³/mol. The smallest absolute Gasteiger partial charge is 0.139 e. The van der Waals surface area contributed by atoms with Crippen LogP contribution in [-0.4, -0.2) is 37.2 Å². The standard InChI is InChI=1S/C23H29NO3/c1-13-5-6-15-11-17-21-7-4-8-23(26-3,16(12-21)14(2)25)20-22(21,9-10-24-17)18(15)19(13)27-20/h5-6,16-17,20,24H,4,7-12H2,1-3H3/t16-,17-,20-,21-,22+,23-/m1/s1. The fourth-order valence-electron chi connectivity index (χ4n) is 8.23. The Morgan fingerprint density at radius 1 is 1.30 bits per heavy atom. The average Bonchev–Trinajstić information content (AvgIpc) is 2.83. The minimum atomic E-state index is -0.492. The highest BCUT2D eigenvalue weighted by Gasteiger charge is 2.78. The number of methoxy groups -OCH3 is 1. The van der Waals surface area contributed by atoms with Gasteiger partial charge in [-0.1, -0.05) is 12.1 Å². The van der Waals surface area contributed by atoms with Crippen molar-refractivity contribution in [2.75, 3.05) is 13.7 Å². The summed E-state index contributed by atoms with van der Waals surface area (Å²) >= 11 is 0. The van der Waals surface area contributed by atoms with E-state index in [4.69, 9.17) is 9.47 Å². The first-order valence-corrected chi connectivity index (χ1v) is 10.6. The van der Waals surface area contributed by atoms with Crippen molar-refractivity contribution in [1.29, 1.82) is 0 Å². The maximum Gasteiger partial charge on any atom is 0.139 e. The van der Waals surface area contributed by atoms with Gasteiger partial charge in [0.2, 0.25) is 0 Å². The fraction of sp³-hybridized carbons (Fsp3) is 0.696. The molecular formula is C23H29NO3. The van der Waals surface area contributed by atoms with E-state index in [0.717, 1.165) is 44.4 Å². The lowest BCUT2D eigenvalue weighted by atomic mass is 9.40. The number of benzene rings is 1. The lowest BCUT2D eigenvalue weighted by molar-refractivity contribution is -0.209. The van der Waals surface area contributed by atoms with E-state index in [2.05, 4.69) is 24.4 Å². The average molecular weight is 367 g/mol. The van der Waals surface area contributed by atoms with Gasteiger partial charge in [-0.05, 0) is 70.0 Å². The molecule has 2 spiro atoms. The van der Waals surface area contributed by atoms with Crippen LogP contribution in [0.2, 0.25) is 0 Å². The Balaban J connectivity index is 1.72. The molecule has 4 aliphatic carbocycles. The molecule has 2 aliphatic heterocycles. The number of rotatable bonds is 2. The Hall–Kier alpha value is -1.39. The van der Waals surface area contributed by atoms with Gasteiger partial charge in [-0.15, -0.1) is 0 Å². The van der Waals surface area contributed by atoms with Crippen molar-refractivity contribution in [1.82, 2.24) is 5.32 Å². The molecule has 0 aromatic heterocycles. The first-order chi connectivity index (χ1) is 13.0. The topological polar surface area (TPSA) is 47.6 Å². The highest BCUT2D eigenvalue weighted by molar-refractivity contribution is 5.81. The summed E-state index contributed by atoms with van der Waals surface area (Å²) in [4.78, 5) is 12.9. The molecule has 144 valence electrons. The number of carbonyl (C=O) groups excluding carboxylic acids is 1. The van der Waals surface area contributed by atoms with Gasteiger partial charge in [-0.3, -0.25) is 4.79 Å². The number of nitrogens with one attached hydrogen (secondary N) is 1. The number of Topliss-reactive ketones (excluding diaryl/α,β-unsaturated/α-hetero) is 1. The van der Waals surface area contributed by atoms with Crippen molar-refractivity contribution < 1.29 is 14.3 Å². The van der Waals surface area contributed by atoms with Crippen LogP contribution in [-0.2, 0) is 21.4 Å². The molecule has 6 aliphatic rings. The van der Waals surface area contributed by atoms with E-state index >= 15 is 0 Å². The Morgan fingerprint density at radius 3 is 2.93 bits per heavy atom. The summed E-state index contributed by atoms with van der Waals surface area (Å²) < 4.78 is 13.2. The number of hydrogen-bond donors (Lipinski definition) is 1. The summed E-state index contributed by atoms with van der Waals surface area (Å²) in [6, 6.07) is 4.98. The third kappa shape index (κ3) is 1.57. The number of ketones is 1. The molecular weight excluding hydrogens is 338 g/mol. The van der Waals surface area contributed by atoms with Crippen LogP contribution in [0, 0.1) is 18.3 Å². The highest BCUT2D eigenvalue weighted by atomic mass is 16.6. The van der Waals surface area contributed by atoms with E-state index in [9.17, 15) is 4.79 Å². The maximum atomic E-state index is 12.9. The van der Waals surface area contributed by atoms with Crippen LogP contribution in [0.1, 0.15) is 55.7 Å². The zero-order valence-corrected chi connectivity index (χ0v) is 16.6. The zero-order chi connectivity index (χ0) is 18.6. The minimum absolute atomic E-state index is 0.00366. The molecule has 1 aromatic rings. The quantitative estimate of drug-likeness (QED) is 0.873. The van der Waals surface area contributed by atoms with Crippen LogP contribution in [0.4, 0.5) is 0 Å². The Kier molecular flexibility index (Phi) is 3.04. The van der Waals surface area contributed by atoms with Crippen molar-refractivity contribution in [3.63, 3.8) is 0 Å². The van der Waals surface area contributed by atoms with Crippen molar-refractivity contribution in [2.24, 2.45) is 11.3 Å². The minimum Gasteiger partial charge on any atom is -0.486 e. The molecule has 2 heterocycles. The van der Waals surface area contributed by atoms with Crippen molar-refractivity contribution in [2.45, 2.75) is 75.5 Å². The van der Waals surface area contributed by atoms with E-state index in [-0.39, 0.29) is 28.6 Å². The molecule has 4 heteroatoms. The van der Waals surface area contributed by atoms with Crippen LogP contribution in [0.5, 0.6) is 5.75 Å². The van der Waals surface area contributed by atoms with Crippen LogP contribution >= 0.6 is 0 Å². The van der Waals surface area contributed by atoms with Crippen LogP contribution in [0.15, 0.2) is 12.1 Å². The number of ether oxygens (including phenoxy) is 2. The van der Waals surface area contributed by atoms with Crippen molar-refractivity contribution >= 4 is 5.78 Å². The molecule has 0 unspecified atom stereocenters. The number of piperidine rings is 1. The molecule has 27 heavy (non-hydrogen) atoms. The molecule has 4 nitrogen and oxygen atoms in total. The van der Waals surface area contributed by atoms with E-state index in [1.54, 1.807) is 6.92 Å². The third-order valence-corrected chi connectivity index (χ3v) is 9.12. The summed E-state index contributed by atoms with van der Waals surface area (Å²) in [5.41, 5.74) is 3.78. The van der Waals surface area contributed by atoms with Gasteiger partial charge >= 0.3 is 0 Å². The van der Waals surface area contributed by atoms with Gasteiger partial charge in [-0.25, -0.2) is 0 Å². The number of carbonyl (C=O) groups is 1.